The zero-order chi connectivity index (χ0) is 15.5. The van der Waals surface area contributed by atoms with Crippen molar-refractivity contribution in [2.75, 3.05) is 0 Å². The highest BCUT2D eigenvalue weighted by molar-refractivity contribution is 5.20. The normalized spacial score (nSPS) is 13.8. The largest absolute Gasteiger partial charge is 0.369 e. The molecule has 0 aliphatic heterocycles. The van der Waals surface area contributed by atoms with Gasteiger partial charge in [0.25, 0.3) is 0 Å². The molecule has 0 bridgehead atoms. The first kappa shape index (κ1) is 17.7. The van der Waals surface area contributed by atoms with Crippen molar-refractivity contribution >= 4 is 0 Å². The zero-order valence-electron chi connectivity index (χ0n) is 14.1. The molecule has 1 rings (SSSR count). The number of allylic oxidation sites excluding steroid dienone is 2. The average molecular weight is 286 g/mol. The lowest BCUT2D eigenvalue weighted by Crippen LogP contribution is -2.11. The van der Waals surface area contributed by atoms with E-state index in [9.17, 15) is 0 Å². The minimum absolute atomic E-state index is 0.184. The first-order chi connectivity index (χ1) is 10.2. The van der Waals surface area contributed by atoms with Crippen LogP contribution >= 0.6 is 0 Å². The van der Waals surface area contributed by atoms with Gasteiger partial charge in [-0.25, -0.2) is 0 Å². The van der Waals surface area contributed by atoms with Gasteiger partial charge in [0.05, 0.1) is 12.7 Å². The minimum Gasteiger partial charge on any atom is -0.369 e. The van der Waals surface area contributed by atoms with Crippen LogP contribution in [-0.2, 0) is 11.3 Å². The van der Waals surface area contributed by atoms with Crippen molar-refractivity contribution in [1.29, 1.82) is 0 Å². The Hall–Kier alpha value is -1.34. The molecule has 1 aromatic carbocycles. The molecule has 1 nitrogen and oxygen atoms in total. The Morgan fingerprint density at radius 1 is 1.10 bits per heavy atom. The predicted molar refractivity (Wildman–Crippen MR) is 92.5 cm³/mol. The van der Waals surface area contributed by atoms with E-state index in [1.54, 1.807) is 0 Å². The van der Waals surface area contributed by atoms with Gasteiger partial charge in [-0.1, -0.05) is 74.4 Å². The Labute approximate surface area is 130 Å². The number of aryl methyl sites for hydroxylation is 1. The zero-order valence-corrected chi connectivity index (χ0v) is 14.1. The lowest BCUT2D eigenvalue weighted by Gasteiger charge is -2.16. The van der Waals surface area contributed by atoms with Gasteiger partial charge in [-0.05, 0) is 38.2 Å². The molecule has 1 heteroatoms. The second-order valence-corrected chi connectivity index (χ2v) is 5.50. The molecule has 0 saturated heterocycles. The first-order valence-corrected chi connectivity index (χ1v) is 8.21. The molecule has 0 heterocycles. The highest BCUT2D eigenvalue weighted by Gasteiger charge is 2.08. The molecule has 1 aromatic rings. The second-order valence-electron chi connectivity index (χ2n) is 5.50. The molecule has 0 radical (unpaired) electrons. The third-order valence-electron chi connectivity index (χ3n) is 3.58. The maximum Gasteiger partial charge on any atom is 0.0797 e. The van der Waals surface area contributed by atoms with Crippen molar-refractivity contribution in [2.45, 2.75) is 66.1 Å². The van der Waals surface area contributed by atoms with E-state index in [1.807, 2.05) is 0 Å². The monoisotopic (exact) mass is 286 g/mol. The van der Waals surface area contributed by atoms with E-state index >= 15 is 0 Å². The van der Waals surface area contributed by atoms with E-state index in [1.165, 1.54) is 16.7 Å². The number of hydrogen-bond donors (Lipinski definition) is 0. The van der Waals surface area contributed by atoms with E-state index in [-0.39, 0.29) is 6.10 Å². The Bertz CT molecular complexity index is 439. The maximum atomic E-state index is 6.12. The lowest BCUT2D eigenvalue weighted by molar-refractivity contribution is 0.0717. The summed E-state index contributed by atoms with van der Waals surface area (Å²) < 4.78 is 6.12. The molecular formula is C20H30O. The maximum absolute atomic E-state index is 6.12. The van der Waals surface area contributed by atoms with E-state index in [0.717, 1.165) is 25.7 Å². The second kappa shape index (κ2) is 10.4. The molecule has 0 aromatic heterocycles. The first-order valence-electron chi connectivity index (χ1n) is 8.21. The highest BCUT2D eigenvalue weighted by atomic mass is 16.5. The van der Waals surface area contributed by atoms with Crippen molar-refractivity contribution in [3.8, 4) is 0 Å². The smallest absolute Gasteiger partial charge is 0.0797 e. The molecule has 1 atom stereocenters. The molecule has 116 valence electrons. The van der Waals surface area contributed by atoms with Gasteiger partial charge in [0.1, 0.15) is 0 Å². The van der Waals surface area contributed by atoms with Crippen LogP contribution in [0.3, 0.4) is 0 Å². The third-order valence-corrected chi connectivity index (χ3v) is 3.58. The van der Waals surface area contributed by atoms with Crippen LogP contribution in [0.4, 0.5) is 0 Å². The van der Waals surface area contributed by atoms with Gasteiger partial charge in [-0.2, -0.15) is 0 Å². The van der Waals surface area contributed by atoms with Crippen LogP contribution in [-0.4, -0.2) is 6.10 Å². The summed E-state index contributed by atoms with van der Waals surface area (Å²) in [4.78, 5) is 0. The van der Waals surface area contributed by atoms with Crippen molar-refractivity contribution in [2.24, 2.45) is 0 Å². The molecule has 0 saturated carbocycles. The quantitative estimate of drug-likeness (QED) is 0.507. The fourth-order valence-electron chi connectivity index (χ4n) is 2.28. The summed E-state index contributed by atoms with van der Waals surface area (Å²) in [5, 5.41) is 0. The molecule has 21 heavy (non-hydrogen) atoms. The fraction of sp³-hybridized carbons (Fsp3) is 0.500. The van der Waals surface area contributed by atoms with Gasteiger partial charge >= 0.3 is 0 Å². The molecule has 0 aliphatic rings. The van der Waals surface area contributed by atoms with Crippen LogP contribution < -0.4 is 0 Å². The molecule has 0 N–H and O–H groups in total. The molecule has 0 spiro atoms. The van der Waals surface area contributed by atoms with E-state index < -0.39 is 0 Å². The van der Waals surface area contributed by atoms with Crippen molar-refractivity contribution in [3.63, 3.8) is 0 Å². The average Bonchev–Trinajstić information content (AvgIpc) is 2.50. The minimum atomic E-state index is 0.184. The van der Waals surface area contributed by atoms with Gasteiger partial charge in [0, 0.05) is 0 Å². The van der Waals surface area contributed by atoms with Crippen LogP contribution in [0.5, 0.6) is 0 Å². The number of ether oxygens (including phenoxy) is 1. The summed E-state index contributed by atoms with van der Waals surface area (Å²) in [7, 11) is 0. The van der Waals surface area contributed by atoms with Gasteiger partial charge in [0.15, 0.2) is 0 Å². The predicted octanol–water partition coefficient (Wildman–Crippen LogP) is 5.98. The molecule has 0 amide bonds. The van der Waals surface area contributed by atoms with Gasteiger partial charge < -0.3 is 4.74 Å². The van der Waals surface area contributed by atoms with Crippen molar-refractivity contribution in [3.05, 3.63) is 59.2 Å². The summed E-state index contributed by atoms with van der Waals surface area (Å²) in [5.74, 6) is 0. The van der Waals surface area contributed by atoms with Crippen molar-refractivity contribution < 1.29 is 4.74 Å². The third kappa shape index (κ3) is 7.29. The van der Waals surface area contributed by atoms with Gasteiger partial charge in [0.2, 0.25) is 0 Å². The van der Waals surface area contributed by atoms with E-state index in [4.69, 9.17) is 4.74 Å². The fourth-order valence-corrected chi connectivity index (χ4v) is 2.28. The molecule has 1 unspecified atom stereocenters. The number of benzene rings is 1. The summed E-state index contributed by atoms with van der Waals surface area (Å²) in [5.41, 5.74) is 4.03. The van der Waals surface area contributed by atoms with E-state index in [0.29, 0.717) is 6.61 Å². The Balaban J connectivity index is 2.62. The summed E-state index contributed by atoms with van der Waals surface area (Å²) in [6.07, 6.45) is 11.2. The Kier molecular flexibility index (Phi) is 8.77. The number of hydrogen-bond acceptors (Lipinski definition) is 1. The topological polar surface area (TPSA) is 9.23 Å². The lowest BCUT2D eigenvalue weighted by atomic mass is 10.0. The summed E-state index contributed by atoms with van der Waals surface area (Å²) in [6.45, 7) is 9.38. The van der Waals surface area contributed by atoms with Crippen molar-refractivity contribution in [1.82, 2.24) is 0 Å². The Morgan fingerprint density at radius 3 is 2.38 bits per heavy atom. The summed E-state index contributed by atoms with van der Waals surface area (Å²) >= 11 is 0. The number of rotatable bonds is 9. The van der Waals surface area contributed by atoms with Gasteiger partial charge in [-0.3, -0.25) is 0 Å². The van der Waals surface area contributed by atoms with E-state index in [2.05, 4.69) is 70.2 Å². The van der Waals surface area contributed by atoms with Crippen LogP contribution in [0.2, 0.25) is 0 Å². The molecule has 0 fully saturated rings. The molecule has 0 aliphatic carbocycles. The highest BCUT2D eigenvalue weighted by Crippen LogP contribution is 2.16. The molecular weight excluding hydrogens is 256 g/mol. The SMILES string of the molecule is CC/C=C/C(C/C(=C/CC)CC)OCc1ccc(C)cc1. The van der Waals surface area contributed by atoms with Gasteiger partial charge in [-0.15, -0.1) is 0 Å². The van der Waals surface area contributed by atoms with Crippen LogP contribution in [0, 0.1) is 6.92 Å². The van der Waals surface area contributed by atoms with Crippen LogP contribution in [0.1, 0.15) is 57.6 Å². The Morgan fingerprint density at radius 2 is 1.81 bits per heavy atom. The van der Waals surface area contributed by atoms with Crippen LogP contribution in [0.15, 0.2) is 48.1 Å². The summed E-state index contributed by atoms with van der Waals surface area (Å²) in [6, 6.07) is 8.59. The van der Waals surface area contributed by atoms with Crippen LogP contribution in [0.25, 0.3) is 0 Å². The standard InChI is InChI=1S/C20H30O/c1-5-8-10-20(15-18(7-3)9-6-2)21-16-19-13-11-17(4)12-14-19/h8-14,20H,5-7,15-16H2,1-4H3/b10-8+,18-9+.